The molecule has 1 heterocycles. The molecule has 0 radical (unpaired) electrons. The van der Waals surface area contributed by atoms with Crippen molar-refractivity contribution in [2.45, 2.75) is 26.8 Å². The average Bonchev–Trinajstić information content (AvgIpc) is 2.71. The summed E-state index contributed by atoms with van der Waals surface area (Å²) >= 11 is 8.16. The lowest BCUT2D eigenvalue weighted by Crippen LogP contribution is -2.15. The molecule has 0 aliphatic heterocycles. The minimum atomic E-state index is -0.0430. The van der Waals surface area contributed by atoms with Gasteiger partial charge in [-0.25, -0.2) is 0 Å². The van der Waals surface area contributed by atoms with E-state index in [1.807, 2.05) is 26.1 Å². The number of carbonyl (C=O) groups excluding carboxylic acids is 1. The Morgan fingerprint density at radius 2 is 2.20 bits per heavy atom. The highest BCUT2D eigenvalue weighted by Crippen LogP contribution is 2.20. The number of rotatable bonds is 4. The van der Waals surface area contributed by atoms with Crippen LogP contribution in [0.1, 0.15) is 17.7 Å². The van der Waals surface area contributed by atoms with Crippen molar-refractivity contribution in [1.29, 1.82) is 0 Å². The molecule has 0 atom stereocenters. The summed E-state index contributed by atoms with van der Waals surface area (Å²) in [5.41, 5.74) is 2.73. The first-order chi connectivity index (χ1) is 9.45. The molecule has 0 fully saturated rings. The number of carbonyl (C=O) groups is 1. The van der Waals surface area contributed by atoms with Crippen LogP contribution in [0.15, 0.2) is 24.4 Å². The molecule has 0 aliphatic carbocycles. The Hall–Kier alpha value is -1.08. The molecule has 1 N–H and O–H groups in total. The van der Waals surface area contributed by atoms with Gasteiger partial charge < -0.3 is 5.32 Å². The highest BCUT2D eigenvalue weighted by atomic mass is 127. The molecular weight excluding hydrogens is 389 g/mol. The van der Waals surface area contributed by atoms with E-state index in [0.717, 1.165) is 20.5 Å². The first-order valence-electron chi connectivity index (χ1n) is 6.21. The number of amides is 1. The van der Waals surface area contributed by atoms with Gasteiger partial charge in [0.2, 0.25) is 5.91 Å². The molecular formula is C14H15ClIN3O. The van der Waals surface area contributed by atoms with E-state index in [1.54, 1.807) is 16.8 Å². The summed E-state index contributed by atoms with van der Waals surface area (Å²) in [5, 5.41) is 7.82. The molecule has 0 saturated carbocycles. The fourth-order valence-corrected chi connectivity index (χ4v) is 2.37. The van der Waals surface area contributed by atoms with E-state index in [1.165, 1.54) is 0 Å². The van der Waals surface area contributed by atoms with Crippen molar-refractivity contribution in [3.8, 4) is 0 Å². The van der Waals surface area contributed by atoms with Crippen LogP contribution in [0.3, 0.4) is 0 Å². The highest BCUT2D eigenvalue weighted by molar-refractivity contribution is 14.1. The maximum absolute atomic E-state index is 11.9. The summed E-state index contributed by atoms with van der Waals surface area (Å²) in [6.45, 7) is 4.45. The van der Waals surface area contributed by atoms with E-state index >= 15 is 0 Å². The Labute approximate surface area is 136 Å². The van der Waals surface area contributed by atoms with E-state index < -0.39 is 0 Å². The number of nitrogens with one attached hydrogen (secondary N) is 1. The minimum absolute atomic E-state index is 0.0430. The van der Waals surface area contributed by atoms with Gasteiger partial charge in [0.25, 0.3) is 0 Å². The summed E-state index contributed by atoms with van der Waals surface area (Å²) < 4.78 is 2.90. The molecule has 6 heteroatoms. The zero-order valence-electron chi connectivity index (χ0n) is 11.3. The molecule has 0 bridgehead atoms. The number of aromatic nitrogens is 2. The molecule has 2 rings (SSSR count). The van der Waals surface area contributed by atoms with E-state index in [0.29, 0.717) is 18.0 Å². The van der Waals surface area contributed by atoms with Crippen LogP contribution >= 0.6 is 34.2 Å². The third kappa shape index (κ3) is 3.96. The summed E-state index contributed by atoms with van der Waals surface area (Å²) in [5.74, 6) is -0.0430. The summed E-state index contributed by atoms with van der Waals surface area (Å²) in [6.07, 6.45) is 2.32. The first kappa shape index (κ1) is 15.3. The molecule has 1 aromatic carbocycles. The summed E-state index contributed by atoms with van der Waals surface area (Å²) in [6, 6.07) is 5.45. The van der Waals surface area contributed by atoms with Crippen molar-refractivity contribution < 1.29 is 4.79 Å². The van der Waals surface area contributed by atoms with Crippen molar-refractivity contribution >= 4 is 45.8 Å². The first-order valence-corrected chi connectivity index (χ1v) is 7.67. The smallest absolute Gasteiger partial charge is 0.226 e. The van der Waals surface area contributed by atoms with Crippen molar-refractivity contribution in [2.75, 3.05) is 5.32 Å². The molecule has 2 aromatic rings. The van der Waals surface area contributed by atoms with Gasteiger partial charge in [-0.1, -0.05) is 17.7 Å². The SMILES string of the molecule is Cc1ccc(Cl)cc1NC(=O)CCn1cc(I)c(C)n1. The van der Waals surface area contributed by atoms with Crippen LogP contribution in [0.5, 0.6) is 0 Å². The van der Waals surface area contributed by atoms with Crippen LogP contribution in [0.2, 0.25) is 5.02 Å². The molecule has 1 aromatic heterocycles. The standard InChI is InChI=1S/C14H15ClIN3O/c1-9-3-4-11(15)7-13(9)17-14(20)5-6-19-8-12(16)10(2)18-19/h3-4,7-8H,5-6H2,1-2H3,(H,17,20). The average molecular weight is 404 g/mol. The fraction of sp³-hybridized carbons (Fsp3) is 0.286. The number of nitrogens with zero attached hydrogens (tertiary/aromatic N) is 2. The molecule has 0 unspecified atom stereocenters. The number of benzene rings is 1. The van der Waals surface area contributed by atoms with Crippen LogP contribution in [0.4, 0.5) is 5.69 Å². The van der Waals surface area contributed by atoms with E-state index in [4.69, 9.17) is 11.6 Å². The molecule has 20 heavy (non-hydrogen) atoms. The van der Waals surface area contributed by atoms with Gasteiger partial charge in [0, 0.05) is 29.9 Å². The minimum Gasteiger partial charge on any atom is -0.326 e. The van der Waals surface area contributed by atoms with Gasteiger partial charge in [-0.05, 0) is 54.1 Å². The van der Waals surface area contributed by atoms with Gasteiger partial charge in [0.15, 0.2) is 0 Å². The highest BCUT2D eigenvalue weighted by Gasteiger charge is 2.07. The van der Waals surface area contributed by atoms with Crippen molar-refractivity contribution in [2.24, 2.45) is 0 Å². The van der Waals surface area contributed by atoms with Gasteiger partial charge in [0.05, 0.1) is 9.26 Å². The van der Waals surface area contributed by atoms with Crippen molar-refractivity contribution in [3.63, 3.8) is 0 Å². The molecule has 106 valence electrons. The van der Waals surface area contributed by atoms with Gasteiger partial charge in [0.1, 0.15) is 0 Å². The third-order valence-corrected chi connectivity index (χ3v) is 4.22. The van der Waals surface area contributed by atoms with E-state index in [9.17, 15) is 4.79 Å². The van der Waals surface area contributed by atoms with Crippen LogP contribution in [0.25, 0.3) is 0 Å². The maximum Gasteiger partial charge on any atom is 0.226 e. The Bertz CT molecular complexity index is 620. The van der Waals surface area contributed by atoms with E-state index in [-0.39, 0.29) is 5.91 Å². The van der Waals surface area contributed by atoms with Crippen LogP contribution in [-0.4, -0.2) is 15.7 Å². The van der Waals surface area contributed by atoms with Gasteiger partial charge in [-0.3, -0.25) is 9.48 Å². The summed E-state index contributed by atoms with van der Waals surface area (Å²) in [4.78, 5) is 11.9. The molecule has 0 spiro atoms. The Morgan fingerprint density at radius 1 is 1.45 bits per heavy atom. The van der Waals surface area contributed by atoms with Crippen LogP contribution < -0.4 is 5.32 Å². The fourth-order valence-electron chi connectivity index (χ4n) is 1.77. The lowest BCUT2D eigenvalue weighted by molar-refractivity contribution is -0.116. The van der Waals surface area contributed by atoms with E-state index in [2.05, 4.69) is 33.0 Å². The lowest BCUT2D eigenvalue weighted by atomic mass is 10.2. The van der Waals surface area contributed by atoms with Gasteiger partial charge in [-0.2, -0.15) is 5.10 Å². The van der Waals surface area contributed by atoms with Crippen LogP contribution in [-0.2, 0) is 11.3 Å². The zero-order valence-corrected chi connectivity index (χ0v) is 14.2. The van der Waals surface area contributed by atoms with Crippen LogP contribution in [0, 0.1) is 17.4 Å². The molecule has 0 aliphatic rings. The lowest BCUT2D eigenvalue weighted by Gasteiger charge is -2.08. The quantitative estimate of drug-likeness (QED) is 0.790. The number of halogens is 2. The van der Waals surface area contributed by atoms with Gasteiger partial charge in [-0.15, -0.1) is 0 Å². The monoisotopic (exact) mass is 403 g/mol. The normalized spacial score (nSPS) is 10.6. The number of anilines is 1. The second kappa shape index (κ2) is 6.58. The Morgan fingerprint density at radius 3 is 2.85 bits per heavy atom. The van der Waals surface area contributed by atoms with Gasteiger partial charge >= 0.3 is 0 Å². The molecule has 0 saturated heterocycles. The molecule has 4 nitrogen and oxygen atoms in total. The second-order valence-corrected chi connectivity index (χ2v) is 6.18. The second-order valence-electron chi connectivity index (χ2n) is 4.58. The largest absolute Gasteiger partial charge is 0.326 e. The molecule has 1 amide bonds. The predicted octanol–water partition coefficient (Wildman–Crippen LogP) is 3.79. The van der Waals surface area contributed by atoms with Crippen molar-refractivity contribution in [3.05, 3.63) is 44.2 Å². The number of hydrogen-bond acceptors (Lipinski definition) is 2. The van der Waals surface area contributed by atoms with Crippen molar-refractivity contribution in [1.82, 2.24) is 9.78 Å². The number of hydrogen-bond donors (Lipinski definition) is 1. The number of aryl methyl sites for hydroxylation is 3. The third-order valence-electron chi connectivity index (χ3n) is 2.93. The maximum atomic E-state index is 11.9. The Balaban J connectivity index is 1.94. The predicted molar refractivity (Wildman–Crippen MR) is 89.1 cm³/mol. The summed E-state index contributed by atoms with van der Waals surface area (Å²) in [7, 11) is 0. The topological polar surface area (TPSA) is 46.9 Å². The Kier molecular flexibility index (Phi) is 5.04. The zero-order chi connectivity index (χ0) is 14.7.